The fraction of sp³-hybridized carbons (Fsp3) is 0.308. The van der Waals surface area contributed by atoms with Gasteiger partial charge in [-0.15, -0.1) is 0 Å². The maximum atomic E-state index is 6.32. The number of hydrogen-bond acceptors (Lipinski definition) is 2. The minimum Gasteiger partial charge on any atom is -0.457 e. The van der Waals surface area contributed by atoms with Gasteiger partial charge in [0.2, 0.25) is 0 Å². The van der Waals surface area contributed by atoms with Crippen molar-refractivity contribution in [1.82, 2.24) is 0 Å². The average Bonchev–Trinajstić information content (AvgIpc) is 2.62. The zero-order chi connectivity index (χ0) is 20.4. The van der Waals surface area contributed by atoms with E-state index < -0.39 is 0 Å². The maximum Gasteiger partial charge on any atom is 0.131 e. The van der Waals surface area contributed by atoms with Crippen molar-refractivity contribution in [3.8, 4) is 23.0 Å². The molecule has 2 heteroatoms. The van der Waals surface area contributed by atoms with E-state index in [9.17, 15) is 0 Å². The second-order valence-corrected chi connectivity index (χ2v) is 9.17. The van der Waals surface area contributed by atoms with Crippen LogP contribution in [0.25, 0.3) is 0 Å². The second kappa shape index (κ2) is 7.71. The van der Waals surface area contributed by atoms with Crippen LogP contribution < -0.4 is 9.47 Å². The Labute approximate surface area is 169 Å². The fourth-order valence-electron chi connectivity index (χ4n) is 3.13. The summed E-state index contributed by atoms with van der Waals surface area (Å²) in [5, 5.41) is 0. The minimum atomic E-state index is -0.0880. The molecule has 0 fully saturated rings. The highest BCUT2D eigenvalue weighted by Gasteiger charge is 2.27. The number of para-hydroxylation sites is 2. The maximum absolute atomic E-state index is 6.32. The van der Waals surface area contributed by atoms with E-state index >= 15 is 0 Å². The van der Waals surface area contributed by atoms with Gasteiger partial charge in [-0.1, -0.05) is 77.9 Å². The standard InChI is InChI=1S/C26H30O2/c1-25(2,3)21-17-24(28-20-15-11-8-12-16-20)22(26(4,5)6)18-23(21)27-19-13-9-7-10-14-19/h7-18H,1-6H3. The zero-order valence-electron chi connectivity index (χ0n) is 17.7. The molecule has 3 aromatic carbocycles. The van der Waals surface area contributed by atoms with Crippen LogP contribution in [0.5, 0.6) is 23.0 Å². The van der Waals surface area contributed by atoms with Crippen molar-refractivity contribution >= 4 is 0 Å². The Kier molecular flexibility index (Phi) is 5.51. The second-order valence-electron chi connectivity index (χ2n) is 9.17. The highest BCUT2D eigenvalue weighted by Crippen LogP contribution is 2.43. The lowest BCUT2D eigenvalue weighted by Gasteiger charge is -2.29. The lowest BCUT2D eigenvalue weighted by Crippen LogP contribution is -2.17. The quantitative estimate of drug-likeness (QED) is 0.462. The number of hydrogen-bond donors (Lipinski definition) is 0. The molecule has 0 saturated heterocycles. The molecule has 0 spiro atoms. The van der Waals surface area contributed by atoms with Gasteiger partial charge < -0.3 is 9.47 Å². The van der Waals surface area contributed by atoms with E-state index in [0.29, 0.717) is 0 Å². The fourth-order valence-corrected chi connectivity index (χ4v) is 3.13. The lowest BCUT2D eigenvalue weighted by molar-refractivity contribution is 0.429. The SMILES string of the molecule is CC(C)(C)c1cc(Oc2ccccc2)c(C(C)(C)C)cc1Oc1ccccc1. The van der Waals surface area contributed by atoms with Crippen LogP contribution >= 0.6 is 0 Å². The van der Waals surface area contributed by atoms with Crippen LogP contribution in [-0.4, -0.2) is 0 Å². The summed E-state index contributed by atoms with van der Waals surface area (Å²) in [5.41, 5.74) is 2.07. The van der Waals surface area contributed by atoms with E-state index in [0.717, 1.165) is 34.1 Å². The summed E-state index contributed by atoms with van der Waals surface area (Å²) in [7, 11) is 0. The van der Waals surface area contributed by atoms with Gasteiger partial charge in [0.15, 0.2) is 0 Å². The first-order valence-electron chi connectivity index (χ1n) is 9.79. The molecule has 0 atom stereocenters. The predicted molar refractivity (Wildman–Crippen MR) is 117 cm³/mol. The summed E-state index contributed by atoms with van der Waals surface area (Å²) in [6, 6.07) is 24.2. The smallest absolute Gasteiger partial charge is 0.131 e. The molecular formula is C26H30O2. The highest BCUT2D eigenvalue weighted by atomic mass is 16.5. The Hall–Kier alpha value is -2.74. The Morgan fingerprint density at radius 2 is 0.821 bits per heavy atom. The zero-order valence-corrected chi connectivity index (χ0v) is 17.7. The number of rotatable bonds is 4. The van der Waals surface area contributed by atoms with Crippen LogP contribution in [0.3, 0.4) is 0 Å². The Bertz CT molecular complexity index is 835. The Morgan fingerprint density at radius 1 is 0.500 bits per heavy atom. The molecule has 28 heavy (non-hydrogen) atoms. The molecule has 0 aliphatic rings. The van der Waals surface area contributed by atoms with Crippen molar-refractivity contribution in [2.75, 3.05) is 0 Å². The van der Waals surface area contributed by atoms with E-state index in [1.807, 2.05) is 60.7 Å². The van der Waals surface area contributed by atoms with Gasteiger partial charge in [-0.05, 0) is 47.2 Å². The van der Waals surface area contributed by atoms with Crippen molar-refractivity contribution < 1.29 is 9.47 Å². The van der Waals surface area contributed by atoms with E-state index in [1.54, 1.807) is 0 Å². The van der Waals surface area contributed by atoms with E-state index in [4.69, 9.17) is 9.47 Å². The molecule has 3 aromatic rings. The van der Waals surface area contributed by atoms with Gasteiger partial charge >= 0.3 is 0 Å². The molecule has 0 aliphatic carbocycles. The van der Waals surface area contributed by atoms with Crippen LogP contribution in [0.2, 0.25) is 0 Å². The molecule has 0 heterocycles. The molecule has 0 N–H and O–H groups in total. The van der Waals surface area contributed by atoms with Crippen molar-refractivity contribution in [3.05, 3.63) is 83.9 Å². The largest absolute Gasteiger partial charge is 0.457 e. The first-order valence-corrected chi connectivity index (χ1v) is 9.79. The first-order chi connectivity index (χ1) is 13.1. The molecule has 2 nitrogen and oxygen atoms in total. The summed E-state index contributed by atoms with van der Waals surface area (Å²) in [6.07, 6.45) is 0. The molecule has 0 saturated carbocycles. The number of benzene rings is 3. The lowest BCUT2D eigenvalue weighted by atomic mass is 9.81. The van der Waals surface area contributed by atoms with Crippen LogP contribution in [-0.2, 0) is 10.8 Å². The average molecular weight is 375 g/mol. The number of ether oxygens (including phenoxy) is 2. The normalized spacial score (nSPS) is 11.9. The summed E-state index contributed by atoms with van der Waals surface area (Å²) in [4.78, 5) is 0. The molecule has 0 radical (unpaired) electrons. The van der Waals surface area contributed by atoms with Gasteiger partial charge in [0.25, 0.3) is 0 Å². The third-order valence-corrected chi connectivity index (χ3v) is 4.64. The molecule has 0 aromatic heterocycles. The molecule has 0 amide bonds. The van der Waals surface area contributed by atoms with E-state index in [-0.39, 0.29) is 10.8 Å². The van der Waals surface area contributed by atoms with Gasteiger partial charge in [0.05, 0.1) is 0 Å². The molecule has 146 valence electrons. The highest BCUT2D eigenvalue weighted by molar-refractivity contribution is 5.54. The predicted octanol–water partition coefficient (Wildman–Crippen LogP) is 7.87. The van der Waals surface area contributed by atoms with Gasteiger partial charge in [-0.3, -0.25) is 0 Å². The van der Waals surface area contributed by atoms with E-state index in [1.165, 1.54) is 0 Å². The molecule has 0 bridgehead atoms. The summed E-state index contributed by atoms with van der Waals surface area (Å²) in [5.74, 6) is 3.43. The van der Waals surface area contributed by atoms with Gasteiger partial charge in [-0.25, -0.2) is 0 Å². The Morgan fingerprint density at radius 3 is 1.11 bits per heavy atom. The third-order valence-electron chi connectivity index (χ3n) is 4.64. The van der Waals surface area contributed by atoms with Crippen LogP contribution in [0.1, 0.15) is 52.7 Å². The first kappa shape index (κ1) is 20.0. The summed E-state index contributed by atoms with van der Waals surface area (Å²) >= 11 is 0. The summed E-state index contributed by atoms with van der Waals surface area (Å²) < 4.78 is 12.6. The van der Waals surface area contributed by atoms with E-state index in [2.05, 4.69) is 53.7 Å². The third kappa shape index (κ3) is 4.75. The van der Waals surface area contributed by atoms with Gasteiger partial charge in [0.1, 0.15) is 23.0 Å². The van der Waals surface area contributed by atoms with Crippen molar-refractivity contribution in [2.24, 2.45) is 0 Å². The van der Waals surface area contributed by atoms with Crippen molar-refractivity contribution in [3.63, 3.8) is 0 Å². The van der Waals surface area contributed by atoms with Crippen LogP contribution in [0.4, 0.5) is 0 Å². The molecule has 3 rings (SSSR count). The monoisotopic (exact) mass is 374 g/mol. The molecule has 0 unspecified atom stereocenters. The van der Waals surface area contributed by atoms with Crippen molar-refractivity contribution in [2.45, 2.75) is 52.4 Å². The van der Waals surface area contributed by atoms with Gasteiger partial charge in [-0.2, -0.15) is 0 Å². The Balaban J connectivity index is 2.14. The molecule has 0 aliphatic heterocycles. The molecular weight excluding hydrogens is 344 g/mol. The van der Waals surface area contributed by atoms with Crippen molar-refractivity contribution in [1.29, 1.82) is 0 Å². The topological polar surface area (TPSA) is 18.5 Å². The van der Waals surface area contributed by atoms with Crippen LogP contribution in [0.15, 0.2) is 72.8 Å². The van der Waals surface area contributed by atoms with Crippen LogP contribution in [0, 0.1) is 0 Å². The minimum absolute atomic E-state index is 0.0880. The van der Waals surface area contributed by atoms with Gasteiger partial charge in [0, 0.05) is 11.1 Å². The summed E-state index contributed by atoms with van der Waals surface area (Å²) in [6.45, 7) is 13.2.